The fraction of sp³-hybridized carbons (Fsp3) is 0.611. The van der Waals surface area contributed by atoms with Crippen LogP contribution in [0.1, 0.15) is 37.7 Å². The lowest BCUT2D eigenvalue weighted by Gasteiger charge is -2.33. The molecule has 1 aliphatic rings. The first-order chi connectivity index (χ1) is 10.6. The molecule has 4 heteroatoms. The van der Waals surface area contributed by atoms with E-state index in [0.29, 0.717) is 12.3 Å². The van der Waals surface area contributed by atoms with Crippen molar-refractivity contribution in [1.29, 1.82) is 0 Å². The number of methoxy groups -OCH3 is 1. The first-order valence-corrected chi connectivity index (χ1v) is 8.20. The Hall–Kier alpha value is -1.55. The summed E-state index contributed by atoms with van der Waals surface area (Å²) in [7, 11) is 3.65. The third-order valence-corrected chi connectivity index (χ3v) is 4.51. The molecule has 0 aromatic heterocycles. The zero-order chi connectivity index (χ0) is 15.9. The SMILES string of the molecule is CNCC1CCCN(C(=O)CC(C)c2cccc(OC)c2)C1. The van der Waals surface area contributed by atoms with Gasteiger partial charge in [-0.25, -0.2) is 0 Å². The minimum Gasteiger partial charge on any atom is -0.497 e. The molecule has 0 spiro atoms. The van der Waals surface area contributed by atoms with Gasteiger partial charge in [0.15, 0.2) is 0 Å². The summed E-state index contributed by atoms with van der Waals surface area (Å²) in [6.07, 6.45) is 2.90. The van der Waals surface area contributed by atoms with Crippen LogP contribution in [0, 0.1) is 5.92 Å². The largest absolute Gasteiger partial charge is 0.497 e. The van der Waals surface area contributed by atoms with E-state index in [2.05, 4.69) is 18.3 Å². The molecule has 2 rings (SSSR count). The molecule has 2 unspecified atom stereocenters. The molecule has 0 radical (unpaired) electrons. The summed E-state index contributed by atoms with van der Waals surface area (Å²) in [5.41, 5.74) is 1.16. The van der Waals surface area contributed by atoms with Crippen LogP contribution in [0.25, 0.3) is 0 Å². The summed E-state index contributed by atoms with van der Waals surface area (Å²) in [5.74, 6) is 1.93. The molecule has 1 amide bonds. The normalized spacial score (nSPS) is 19.8. The van der Waals surface area contributed by atoms with E-state index in [1.165, 1.54) is 6.42 Å². The zero-order valence-electron chi connectivity index (χ0n) is 14.0. The van der Waals surface area contributed by atoms with Crippen LogP contribution in [0.3, 0.4) is 0 Å². The van der Waals surface area contributed by atoms with Gasteiger partial charge in [0.25, 0.3) is 0 Å². The smallest absolute Gasteiger partial charge is 0.223 e. The third-order valence-electron chi connectivity index (χ3n) is 4.51. The standard InChI is InChI=1S/C18H28N2O2/c1-14(16-7-4-8-17(11-16)22-3)10-18(21)20-9-5-6-15(13-20)12-19-2/h4,7-8,11,14-15,19H,5-6,9-10,12-13H2,1-3H3. The lowest BCUT2D eigenvalue weighted by atomic mass is 9.94. The van der Waals surface area contributed by atoms with Crippen molar-refractivity contribution in [1.82, 2.24) is 10.2 Å². The van der Waals surface area contributed by atoms with E-state index in [1.54, 1.807) is 7.11 Å². The minimum atomic E-state index is 0.215. The number of rotatable bonds is 6. The zero-order valence-corrected chi connectivity index (χ0v) is 14.0. The van der Waals surface area contributed by atoms with Crippen LogP contribution < -0.4 is 10.1 Å². The minimum absolute atomic E-state index is 0.215. The van der Waals surface area contributed by atoms with Crippen LogP contribution >= 0.6 is 0 Å². The Labute approximate surface area is 133 Å². The fourth-order valence-corrected chi connectivity index (χ4v) is 3.20. The van der Waals surface area contributed by atoms with Gasteiger partial charge < -0.3 is 15.0 Å². The number of carbonyl (C=O) groups excluding carboxylic acids is 1. The Morgan fingerprint density at radius 2 is 2.32 bits per heavy atom. The highest BCUT2D eigenvalue weighted by Crippen LogP contribution is 2.25. The Balaban J connectivity index is 1.92. The Kier molecular flexibility index (Phi) is 6.25. The Morgan fingerprint density at radius 3 is 3.05 bits per heavy atom. The number of nitrogens with one attached hydrogen (secondary N) is 1. The number of nitrogens with zero attached hydrogens (tertiary/aromatic N) is 1. The predicted molar refractivity (Wildman–Crippen MR) is 89.3 cm³/mol. The van der Waals surface area contributed by atoms with Crippen molar-refractivity contribution in [3.63, 3.8) is 0 Å². The number of hydrogen-bond donors (Lipinski definition) is 1. The average Bonchev–Trinajstić information content (AvgIpc) is 2.55. The molecule has 1 aromatic carbocycles. The highest BCUT2D eigenvalue weighted by molar-refractivity contribution is 5.77. The van der Waals surface area contributed by atoms with Crippen molar-refractivity contribution in [2.45, 2.75) is 32.1 Å². The van der Waals surface area contributed by atoms with E-state index in [9.17, 15) is 4.79 Å². The topological polar surface area (TPSA) is 41.6 Å². The number of ether oxygens (including phenoxy) is 1. The molecule has 0 saturated carbocycles. The summed E-state index contributed by atoms with van der Waals surface area (Å²) in [4.78, 5) is 14.6. The molecule has 122 valence electrons. The molecule has 1 aliphatic heterocycles. The van der Waals surface area contributed by atoms with E-state index >= 15 is 0 Å². The van der Waals surface area contributed by atoms with E-state index < -0.39 is 0 Å². The van der Waals surface area contributed by atoms with Crippen LogP contribution in [0.5, 0.6) is 5.75 Å². The first-order valence-electron chi connectivity index (χ1n) is 8.20. The Bertz CT molecular complexity index is 488. The quantitative estimate of drug-likeness (QED) is 0.878. The second kappa shape index (κ2) is 8.18. The molecule has 1 heterocycles. The van der Waals surface area contributed by atoms with E-state index in [1.807, 2.05) is 30.1 Å². The number of amides is 1. The molecule has 1 fully saturated rings. The van der Waals surface area contributed by atoms with Gasteiger partial charge in [-0.05, 0) is 56.0 Å². The second-order valence-electron chi connectivity index (χ2n) is 6.29. The van der Waals surface area contributed by atoms with Gasteiger partial charge in [-0.3, -0.25) is 4.79 Å². The number of carbonyl (C=O) groups is 1. The molecule has 22 heavy (non-hydrogen) atoms. The van der Waals surface area contributed by atoms with Gasteiger partial charge in [-0.1, -0.05) is 19.1 Å². The van der Waals surface area contributed by atoms with E-state index in [-0.39, 0.29) is 11.8 Å². The third kappa shape index (κ3) is 4.47. The monoisotopic (exact) mass is 304 g/mol. The van der Waals surface area contributed by atoms with Crippen LogP contribution in [0.2, 0.25) is 0 Å². The van der Waals surface area contributed by atoms with E-state index in [4.69, 9.17) is 4.74 Å². The van der Waals surface area contributed by atoms with Gasteiger partial charge in [0.1, 0.15) is 5.75 Å². The summed E-state index contributed by atoms with van der Waals surface area (Å²) < 4.78 is 5.26. The molecule has 0 bridgehead atoms. The molecule has 0 aliphatic carbocycles. The predicted octanol–water partition coefficient (Wildman–Crippen LogP) is 2.65. The number of likely N-dealkylation sites (tertiary alicyclic amines) is 1. The summed E-state index contributed by atoms with van der Waals surface area (Å²) in [5, 5.41) is 3.22. The Morgan fingerprint density at radius 1 is 1.50 bits per heavy atom. The van der Waals surface area contributed by atoms with Crippen LogP contribution in [0.15, 0.2) is 24.3 Å². The van der Waals surface area contributed by atoms with Gasteiger partial charge >= 0.3 is 0 Å². The lowest BCUT2D eigenvalue weighted by Crippen LogP contribution is -2.42. The molecule has 2 atom stereocenters. The van der Waals surface area contributed by atoms with Gasteiger partial charge in [0, 0.05) is 19.5 Å². The molecule has 1 saturated heterocycles. The summed E-state index contributed by atoms with van der Waals surface area (Å²) >= 11 is 0. The average molecular weight is 304 g/mol. The van der Waals surface area contributed by atoms with Gasteiger partial charge in [-0.15, -0.1) is 0 Å². The number of hydrogen-bond acceptors (Lipinski definition) is 3. The summed E-state index contributed by atoms with van der Waals surface area (Å²) in [6, 6.07) is 8.02. The molecular formula is C18H28N2O2. The highest BCUT2D eigenvalue weighted by Gasteiger charge is 2.24. The van der Waals surface area contributed by atoms with Crippen molar-refractivity contribution in [2.75, 3.05) is 33.8 Å². The molecule has 1 N–H and O–H groups in total. The van der Waals surface area contributed by atoms with Crippen molar-refractivity contribution in [3.05, 3.63) is 29.8 Å². The maximum atomic E-state index is 12.6. The van der Waals surface area contributed by atoms with Crippen LogP contribution in [0.4, 0.5) is 0 Å². The van der Waals surface area contributed by atoms with Gasteiger partial charge in [0.2, 0.25) is 5.91 Å². The molecular weight excluding hydrogens is 276 g/mol. The number of piperidine rings is 1. The van der Waals surface area contributed by atoms with Crippen LogP contribution in [-0.4, -0.2) is 44.6 Å². The fourth-order valence-electron chi connectivity index (χ4n) is 3.20. The lowest BCUT2D eigenvalue weighted by molar-refractivity contribution is -0.133. The van der Waals surface area contributed by atoms with Crippen molar-refractivity contribution in [3.8, 4) is 5.75 Å². The maximum absolute atomic E-state index is 12.6. The summed E-state index contributed by atoms with van der Waals surface area (Å²) in [6.45, 7) is 4.91. The van der Waals surface area contributed by atoms with Gasteiger partial charge in [0.05, 0.1) is 7.11 Å². The van der Waals surface area contributed by atoms with Crippen LogP contribution in [-0.2, 0) is 4.79 Å². The number of benzene rings is 1. The second-order valence-corrected chi connectivity index (χ2v) is 6.29. The van der Waals surface area contributed by atoms with Crippen molar-refractivity contribution in [2.24, 2.45) is 5.92 Å². The molecule has 1 aromatic rings. The first kappa shape index (κ1) is 16.8. The highest BCUT2D eigenvalue weighted by atomic mass is 16.5. The van der Waals surface area contributed by atoms with Gasteiger partial charge in [-0.2, -0.15) is 0 Å². The van der Waals surface area contributed by atoms with E-state index in [0.717, 1.165) is 37.4 Å². The van der Waals surface area contributed by atoms with Crippen molar-refractivity contribution < 1.29 is 9.53 Å². The van der Waals surface area contributed by atoms with Crippen molar-refractivity contribution >= 4 is 5.91 Å². The maximum Gasteiger partial charge on any atom is 0.223 e. The molecule has 4 nitrogen and oxygen atoms in total.